The van der Waals surface area contributed by atoms with Crippen molar-refractivity contribution in [3.63, 3.8) is 0 Å². The summed E-state index contributed by atoms with van der Waals surface area (Å²) < 4.78 is 18.7. The van der Waals surface area contributed by atoms with Crippen LogP contribution in [0.25, 0.3) is 33.5 Å². The average Bonchev–Trinajstić information content (AvgIpc) is 3.42. The van der Waals surface area contributed by atoms with Gasteiger partial charge < -0.3 is 13.9 Å². The SMILES string of the molecule is CCOc1cc(C=Nn2c(-c3cc4cc(Cl)ccc4o3)nc3ccccc3c2=O)cc(Cl)c1Oc1ccc([N+](=O)[O-])cn1. The Bertz CT molecular complexity index is 2110. The molecule has 0 N–H and O–H groups in total. The van der Waals surface area contributed by atoms with Crippen LogP contribution >= 0.6 is 23.2 Å². The van der Waals surface area contributed by atoms with Gasteiger partial charge in [-0.2, -0.15) is 9.78 Å². The zero-order valence-corrected chi connectivity index (χ0v) is 23.7. The Morgan fingerprint density at radius 1 is 1.09 bits per heavy atom. The molecular formula is C30H19Cl2N5O6. The molecule has 0 aliphatic rings. The molecule has 0 unspecified atom stereocenters. The Labute approximate surface area is 252 Å². The zero-order chi connectivity index (χ0) is 30.1. The van der Waals surface area contributed by atoms with E-state index in [1.54, 1.807) is 67.6 Å². The van der Waals surface area contributed by atoms with E-state index in [1.165, 1.54) is 18.3 Å². The van der Waals surface area contributed by atoms with Gasteiger partial charge in [-0.3, -0.25) is 14.9 Å². The predicted octanol–water partition coefficient (Wildman–Crippen LogP) is 7.49. The number of benzene rings is 3. The van der Waals surface area contributed by atoms with Crippen molar-refractivity contribution in [1.29, 1.82) is 0 Å². The van der Waals surface area contributed by atoms with Gasteiger partial charge in [-0.05, 0) is 61.0 Å². The lowest BCUT2D eigenvalue weighted by Crippen LogP contribution is -2.20. The smallest absolute Gasteiger partial charge is 0.287 e. The molecule has 0 amide bonds. The first kappa shape index (κ1) is 27.9. The van der Waals surface area contributed by atoms with Crippen LogP contribution in [0.3, 0.4) is 0 Å². The molecule has 0 saturated heterocycles. The number of furan rings is 1. The highest BCUT2D eigenvalue weighted by Crippen LogP contribution is 2.39. The van der Waals surface area contributed by atoms with E-state index in [1.807, 2.05) is 0 Å². The van der Waals surface area contributed by atoms with Crippen LogP contribution in [-0.4, -0.2) is 32.4 Å². The second-order valence-corrected chi connectivity index (χ2v) is 9.93. The van der Waals surface area contributed by atoms with Crippen molar-refractivity contribution in [3.8, 4) is 29.0 Å². The topological polar surface area (TPSA) is 135 Å². The van der Waals surface area contributed by atoms with E-state index in [9.17, 15) is 14.9 Å². The lowest BCUT2D eigenvalue weighted by Gasteiger charge is -2.13. The molecule has 3 aromatic carbocycles. The summed E-state index contributed by atoms with van der Waals surface area (Å²) in [6.07, 6.45) is 2.51. The van der Waals surface area contributed by atoms with Gasteiger partial charge in [0.1, 0.15) is 11.8 Å². The lowest BCUT2D eigenvalue weighted by atomic mass is 10.2. The molecule has 0 aliphatic carbocycles. The number of halogens is 2. The van der Waals surface area contributed by atoms with E-state index in [-0.39, 0.29) is 40.5 Å². The molecule has 3 heterocycles. The third-order valence-electron chi connectivity index (χ3n) is 6.24. The van der Waals surface area contributed by atoms with Crippen LogP contribution in [-0.2, 0) is 0 Å². The Kier molecular flexibility index (Phi) is 7.49. The van der Waals surface area contributed by atoms with Gasteiger partial charge in [0.25, 0.3) is 11.2 Å². The molecule has 0 spiro atoms. The first-order valence-corrected chi connectivity index (χ1v) is 13.6. The molecule has 0 atom stereocenters. The summed E-state index contributed by atoms with van der Waals surface area (Å²) in [6.45, 7) is 2.07. The quantitative estimate of drug-likeness (QED) is 0.0975. The fraction of sp³-hybridized carbons (Fsp3) is 0.0667. The fourth-order valence-electron chi connectivity index (χ4n) is 4.31. The molecule has 11 nitrogen and oxygen atoms in total. The maximum atomic E-state index is 13.6. The maximum Gasteiger partial charge on any atom is 0.287 e. The third-order valence-corrected chi connectivity index (χ3v) is 6.76. The Morgan fingerprint density at radius 3 is 2.70 bits per heavy atom. The highest BCUT2D eigenvalue weighted by molar-refractivity contribution is 6.32. The van der Waals surface area contributed by atoms with Crippen molar-refractivity contribution in [1.82, 2.24) is 14.6 Å². The van der Waals surface area contributed by atoms with Crippen molar-refractivity contribution in [2.75, 3.05) is 6.61 Å². The number of para-hydroxylation sites is 1. The first-order valence-electron chi connectivity index (χ1n) is 12.8. The molecule has 13 heteroatoms. The fourth-order valence-corrected chi connectivity index (χ4v) is 4.75. The van der Waals surface area contributed by atoms with Gasteiger partial charge in [0, 0.05) is 22.5 Å². The van der Waals surface area contributed by atoms with Crippen molar-refractivity contribution < 1.29 is 18.8 Å². The second-order valence-electron chi connectivity index (χ2n) is 9.08. The second kappa shape index (κ2) is 11.6. The molecule has 0 aliphatic heterocycles. The molecule has 3 aromatic heterocycles. The van der Waals surface area contributed by atoms with Crippen LogP contribution in [0.2, 0.25) is 10.0 Å². The summed E-state index contributed by atoms with van der Waals surface area (Å²) in [5.41, 5.74) is 0.953. The molecule has 43 heavy (non-hydrogen) atoms. The highest BCUT2D eigenvalue weighted by Gasteiger charge is 2.18. The van der Waals surface area contributed by atoms with Crippen molar-refractivity contribution in [2.24, 2.45) is 5.10 Å². The van der Waals surface area contributed by atoms with Crippen LogP contribution in [0, 0.1) is 10.1 Å². The van der Waals surface area contributed by atoms with Gasteiger partial charge in [-0.1, -0.05) is 35.3 Å². The van der Waals surface area contributed by atoms with Gasteiger partial charge in [0.2, 0.25) is 11.7 Å². The average molecular weight is 616 g/mol. The number of aromatic nitrogens is 3. The highest BCUT2D eigenvalue weighted by atomic mass is 35.5. The number of pyridine rings is 1. The number of hydrogen-bond donors (Lipinski definition) is 0. The molecule has 0 fully saturated rings. The minimum absolute atomic E-state index is 0.0837. The van der Waals surface area contributed by atoms with Crippen molar-refractivity contribution >= 4 is 57.0 Å². The molecule has 6 rings (SSSR count). The summed E-state index contributed by atoms with van der Waals surface area (Å²) in [7, 11) is 0. The van der Waals surface area contributed by atoms with Crippen LogP contribution in [0.5, 0.6) is 17.4 Å². The Morgan fingerprint density at radius 2 is 1.93 bits per heavy atom. The summed E-state index contributed by atoms with van der Waals surface area (Å²) in [5.74, 6) is 1.03. The Balaban J connectivity index is 1.42. The zero-order valence-electron chi connectivity index (χ0n) is 22.2. The largest absolute Gasteiger partial charge is 0.490 e. The van der Waals surface area contributed by atoms with Crippen molar-refractivity contribution in [3.05, 3.63) is 115 Å². The van der Waals surface area contributed by atoms with E-state index in [4.69, 9.17) is 37.1 Å². The van der Waals surface area contributed by atoms with Gasteiger partial charge >= 0.3 is 0 Å². The molecule has 0 radical (unpaired) electrons. The van der Waals surface area contributed by atoms with Gasteiger partial charge in [-0.25, -0.2) is 9.97 Å². The van der Waals surface area contributed by atoms with E-state index in [0.717, 1.165) is 16.3 Å². The number of fused-ring (bicyclic) bond motifs is 2. The maximum absolute atomic E-state index is 13.6. The molecule has 0 bridgehead atoms. The first-order chi connectivity index (χ1) is 20.8. The van der Waals surface area contributed by atoms with E-state index < -0.39 is 10.5 Å². The molecule has 6 aromatic rings. The monoisotopic (exact) mass is 615 g/mol. The number of nitrogens with zero attached hydrogens (tertiary/aromatic N) is 5. The molecular weight excluding hydrogens is 597 g/mol. The number of ether oxygens (including phenoxy) is 2. The number of hydrogen-bond acceptors (Lipinski definition) is 9. The normalized spacial score (nSPS) is 11.4. The minimum Gasteiger partial charge on any atom is -0.490 e. The third kappa shape index (κ3) is 5.63. The van der Waals surface area contributed by atoms with Crippen LogP contribution in [0.15, 0.2) is 93.3 Å². The van der Waals surface area contributed by atoms with Gasteiger partial charge in [-0.15, -0.1) is 0 Å². The number of nitro groups is 1. The summed E-state index contributed by atoms with van der Waals surface area (Å²) >= 11 is 12.7. The molecule has 214 valence electrons. The van der Waals surface area contributed by atoms with E-state index in [0.29, 0.717) is 32.8 Å². The summed E-state index contributed by atoms with van der Waals surface area (Å²) in [5, 5.41) is 17.2. The van der Waals surface area contributed by atoms with Crippen molar-refractivity contribution in [2.45, 2.75) is 6.92 Å². The van der Waals surface area contributed by atoms with E-state index >= 15 is 0 Å². The standard InChI is InChI=1S/C30H19Cl2N5O6/c1-2-41-25-12-17(11-22(32)28(25)43-27-10-8-20(16-33-27)37(39)40)15-34-36-29(35-23-6-4-3-5-21(23)30(36)38)26-14-18-13-19(31)7-9-24(18)42-26/h3-16H,2H2,1H3. The lowest BCUT2D eigenvalue weighted by molar-refractivity contribution is -0.385. The minimum atomic E-state index is -0.560. The van der Waals surface area contributed by atoms with Crippen LogP contribution in [0.4, 0.5) is 5.69 Å². The summed E-state index contributed by atoms with van der Waals surface area (Å²) in [4.78, 5) is 32.6. The van der Waals surface area contributed by atoms with Gasteiger partial charge in [0.15, 0.2) is 17.3 Å². The van der Waals surface area contributed by atoms with Crippen LogP contribution < -0.4 is 15.0 Å². The van der Waals surface area contributed by atoms with E-state index in [2.05, 4.69) is 15.1 Å². The number of rotatable bonds is 8. The Hall–Kier alpha value is -5.26. The van der Waals surface area contributed by atoms with Gasteiger partial charge in [0.05, 0.1) is 33.7 Å². The molecule has 0 saturated carbocycles. The van der Waals surface area contributed by atoms with Crippen LogP contribution in [0.1, 0.15) is 12.5 Å². The predicted molar refractivity (Wildman–Crippen MR) is 163 cm³/mol. The summed E-state index contributed by atoms with van der Waals surface area (Å²) in [6, 6.07) is 19.7.